The third-order valence-electron chi connectivity index (χ3n) is 8.02. The van der Waals surface area contributed by atoms with Crippen LogP contribution in [0.5, 0.6) is 0 Å². The van der Waals surface area contributed by atoms with E-state index in [1.165, 1.54) is 21.4 Å². The molecule has 3 aromatic heterocycles. The molecule has 0 N–H and O–H groups in total. The molecule has 2 aliphatic heterocycles. The zero-order valence-electron chi connectivity index (χ0n) is 28.4. The Morgan fingerprint density at radius 3 is 2.19 bits per heavy atom. The topological polar surface area (TPSA) is 111 Å². The van der Waals surface area contributed by atoms with Gasteiger partial charge in [0.15, 0.2) is 6.29 Å². The zero-order chi connectivity index (χ0) is 34.1. The molecule has 0 aliphatic carbocycles. The average molecular weight is 705 g/mol. The Bertz CT molecular complexity index is 1900. The number of aliphatic imine (C=N–C) groups is 1. The highest BCUT2D eigenvalue weighted by Crippen LogP contribution is 2.44. The van der Waals surface area contributed by atoms with Crippen molar-refractivity contribution in [1.82, 2.24) is 29.3 Å². The van der Waals surface area contributed by atoms with Crippen molar-refractivity contribution in [1.29, 1.82) is 0 Å². The van der Waals surface area contributed by atoms with Gasteiger partial charge in [-0.1, -0.05) is 28.1 Å². The monoisotopic (exact) mass is 703 g/mol. The van der Waals surface area contributed by atoms with Crippen LogP contribution in [0.3, 0.4) is 0 Å². The minimum Gasteiger partial charge on any atom is -0.442 e. The summed E-state index contributed by atoms with van der Waals surface area (Å²) in [5.74, 6) is 0. The van der Waals surface area contributed by atoms with Crippen molar-refractivity contribution in [2.24, 2.45) is 19.1 Å². The van der Waals surface area contributed by atoms with Crippen LogP contribution in [0.4, 0.5) is 4.79 Å². The van der Waals surface area contributed by atoms with Gasteiger partial charge >= 0.3 is 6.09 Å². The zero-order valence-corrected chi connectivity index (χ0v) is 29.9. The Hall–Kier alpha value is -4.13. The molecule has 0 radical (unpaired) electrons. The molecular formula is C35H42BrN7O4. The fourth-order valence-electron chi connectivity index (χ4n) is 4.85. The van der Waals surface area contributed by atoms with Gasteiger partial charge in [-0.2, -0.15) is 20.0 Å². The molecule has 0 amide bonds. The van der Waals surface area contributed by atoms with Crippen LogP contribution < -0.4 is 0 Å². The van der Waals surface area contributed by atoms with E-state index in [-0.39, 0.29) is 17.5 Å². The second-order valence-corrected chi connectivity index (χ2v) is 14.5. The molecule has 7 rings (SSSR count). The van der Waals surface area contributed by atoms with Crippen LogP contribution >= 0.6 is 15.9 Å². The number of carbonyl (C=O) groups is 1. The number of halogens is 1. The smallest absolute Gasteiger partial charge is 0.435 e. The average Bonchev–Trinajstić information content (AvgIpc) is 3.80. The van der Waals surface area contributed by atoms with Gasteiger partial charge in [0.2, 0.25) is 0 Å². The predicted molar refractivity (Wildman–Crippen MR) is 185 cm³/mol. The molecule has 2 aliphatic rings. The SMILES string of the molecule is CC(C)(C)OC(=O)n1ncc2cc(Br)ccc21.Cn1cc(-c2ccc3c(c2)C=NC3)cn1.Cn1cc(C2OC(C)(C)C(C)(C)O2)cn1. The van der Waals surface area contributed by atoms with Crippen LogP contribution in [0, 0.1) is 0 Å². The Balaban J connectivity index is 0.000000139. The largest absolute Gasteiger partial charge is 0.442 e. The van der Waals surface area contributed by atoms with Gasteiger partial charge in [0.25, 0.3) is 0 Å². The highest BCUT2D eigenvalue weighted by molar-refractivity contribution is 9.10. The van der Waals surface area contributed by atoms with Gasteiger partial charge in [-0.25, -0.2) is 4.79 Å². The van der Waals surface area contributed by atoms with E-state index in [4.69, 9.17) is 14.2 Å². The number of benzene rings is 2. The third kappa shape index (κ3) is 8.06. The minimum atomic E-state index is -0.523. The molecule has 12 heteroatoms. The normalized spacial score (nSPS) is 16.3. The Labute approximate surface area is 283 Å². The number of nitrogens with zero attached hydrogens (tertiary/aromatic N) is 7. The molecule has 248 valence electrons. The van der Waals surface area contributed by atoms with Crippen molar-refractivity contribution < 1.29 is 19.0 Å². The molecule has 11 nitrogen and oxygen atoms in total. The third-order valence-corrected chi connectivity index (χ3v) is 8.52. The number of aromatic nitrogens is 6. The van der Waals surface area contributed by atoms with Crippen molar-refractivity contribution in [2.75, 3.05) is 0 Å². The molecule has 0 spiro atoms. The van der Waals surface area contributed by atoms with E-state index < -0.39 is 11.7 Å². The van der Waals surface area contributed by atoms with E-state index in [9.17, 15) is 4.79 Å². The number of rotatable bonds is 2. The fraction of sp³-hybridized carbons (Fsp3) is 0.400. The fourth-order valence-corrected chi connectivity index (χ4v) is 5.23. The number of aryl methyl sites for hydroxylation is 2. The van der Waals surface area contributed by atoms with Crippen molar-refractivity contribution in [3.63, 3.8) is 0 Å². The van der Waals surface area contributed by atoms with E-state index in [0.29, 0.717) is 0 Å². The molecule has 5 aromatic rings. The molecular weight excluding hydrogens is 662 g/mol. The maximum atomic E-state index is 11.9. The van der Waals surface area contributed by atoms with Crippen molar-refractivity contribution in [2.45, 2.75) is 78.1 Å². The first-order valence-electron chi connectivity index (χ1n) is 15.3. The summed E-state index contributed by atoms with van der Waals surface area (Å²) in [5, 5.41) is 13.2. The highest BCUT2D eigenvalue weighted by Gasteiger charge is 2.49. The number of hydrogen-bond acceptors (Lipinski definition) is 8. The van der Waals surface area contributed by atoms with Crippen LogP contribution in [-0.4, -0.2) is 58.5 Å². The first kappa shape index (κ1) is 34.2. The summed E-state index contributed by atoms with van der Waals surface area (Å²) in [6.45, 7) is 14.5. The number of hydrogen-bond donors (Lipinski definition) is 0. The minimum absolute atomic E-state index is 0.284. The van der Waals surface area contributed by atoms with E-state index in [2.05, 4.69) is 54.4 Å². The summed E-state index contributed by atoms with van der Waals surface area (Å²) in [4.78, 5) is 16.1. The summed E-state index contributed by atoms with van der Waals surface area (Å²) in [7, 11) is 3.81. The van der Waals surface area contributed by atoms with Gasteiger partial charge in [0.05, 0.1) is 41.9 Å². The van der Waals surface area contributed by atoms with Crippen LogP contribution in [0.1, 0.15) is 71.4 Å². The van der Waals surface area contributed by atoms with E-state index in [1.807, 2.05) is 110 Å². The summed E-state index contributed by atoms with van der Waals surface area (Å²) in [6.07, 6.45) is 10.4. The quantitative estimate of drug-likeness (QED) is 0.186. The second kappa shape index (κ2) is 13.2. The maximum Gasteiger partial charge on any atom is 0.435 e. The summed E-state index contributed by atoms with van der Waals surface area (Å²) >= 11 is 3.37. The van der Waals surface area contributed by atoms with Crippen molar-refractivity contribution in [3.05, 3.63) is 88.5 Å². The van der Waals surface area contributed by atoms with Crippen LogP contribution in [0.2, 0.25) is 0 Å². The van der Waals surface area contributed by atoms with Gasteiger partial charge in [0, 0.05) is 53.7 Å². The summed E-state index contributed by atoms with van der Waals surface area (Å²) in [6, 6.07) is 12.0. The lowest BCUT2D eigenvalue weighted by Crippen LogP contribution is -2.41. The van der Waals surface area contributed by atoms with Crippen molar-refractivity contribution >= 4 is 39.1 Å². The van der Waals surface area contributed by atoms with Gasteiger partial charge < -0.3 is 14.2 Å². The second-order valence-electron chi connectivity index (χ2n) is 13.6. The molecule has 0 unspecified atom stereocenters. The van der Waals surface area contributed by atoms with Gasteiger partial charge in [0.1, 0.15) is 5.60 Å². The number of ether oxygens (including phenoxy) is 3. The molecule has 5 heterocycles. The summed E-state index contributed by atoms with van der Waals surface area (Å²) in [5.41, 5.74) is 5.51. The van der Waals surface area contributed by atoms with Gasteiger partial charge in [-0.15, -0.1) is 0 Å². The molecule has 0 atom stereocenters. The number of carbonyl (C=O) groups excluding carboxylic acids is 1. The predicted octanol–water partition coefficient (Wildman–Crippen LogP) is 7.62. The Kier molecular flexibility index (Phi) is 9.59. The van der Waals surface area contributed by atoms with Crippen molar-refractivity contribution in [3.8, 4) is 11.1 Å². The van der Waals surface area contributed by atoms with Gasteiger partial charge in [-0.3, -0.25) is 14.4 Å². The molecule has 0 bridgehead atoms. The van der Waals surface area contributed by atoms with E-state index >= 15 is 0 Å². The lowest BCUT2D eigenvalue weighted by molar-refractivity contribution is -0.0896. The first-order valence-corrected chi connectivity index (χ1v) is 16.1. The highest BCUT2D eigenvalue weighted by atomic mass is 79.9. The maximum absolute atomic E-state index is 11.9. The van der Waals surface area contributed by atoms with E-state index in [0.717, 1.165) is 33.0 Å². The van der Waals surface area contributed by atoms with Gasteiger partial charge in [-0.05, 0) is 89.4 Å². The molecule has 2 aromatic carbocycles. The molecule has 1 saturated heterocycles. The first-order chi connectivity index (χ1) is 22.0. The molecule has 1 fully saturated rings. The van der Waals surface area contributed by atoms with Crippen LogP contribution in [0.25, 0.3) is 22.0 Å². The Morgan fingerprint density at radius 2 is 1.57 bits per heavy atom. The van der Waals surface area contributed by atoms with Crippen LogP contribution in [-0.2, 0) is 34.9 Å². The molecule has 0 saturated carbocycles. The number of fused-ring (bicyclic) bond motifs is 2. The lowest BCUT2D eigenvalue weighted by Gasteiger charge is -2.30. The lowest BCUT2D eigenvalue weighted by atomic mass is 9.90. The van der Waals surface area contributed by atoms with E-state index in [1.54, 1.807) is 17.1 Å². The summed E-state index contributed by atoms with van der Waals surface area (Å²) < 4.78 is 22.8. The molecule has 47 heavy (non-hydrogen) atoms. The standard InChI is InChI=1S/C12H13BrN2O2.C12H11N3.C11H18N2O2/c1-12(2,3)17-11(16)15-10-5-4-9(13)6-8(10)7-14-15;1-15-8-12(7-14-15)9-2-3-10-5-13-6-11(10)4-9;1-10(2)11(3,4)15-9(14-10)8-6-12-13(5)7-8/h4-7H,1-3H3;2-4,6-8H,5H2,1H3;6-7,9H,1-5H3. The Morgan fingerprint density at radius 1 is 0.894 bits per heavy atom. The van der Waals surface area contributed by atoms with Crippen LogP contribution in [0.15, 0.2) is 76.8 Å².